The van der Waals surface area contributed by atoms with Crippen LogP contribution in [-0.4, -0.2) is 48.1 Å². The third-order valence-electron chi connectivity index (χ3n) is 3.54. The molecule has 2 heterocycles. The van der Waals surface area contributed by atoms with E-state index in [4.69, 9.17) is 10.5 Å². The molecule has 5 nitrogen and oxygen atoms in total. The largest absolute Gasteiger partial charge is 0.378 e. The summed E-state index contributed by atoms with van der Waals surface area (Å²) in [6.07, 6.45) is 2.94. The van der Waals surface area contributed by atoms with Crippen molar-refractivity contribution < 1.29 is 9.53 Å². The van der Waals surface area contributed by atoms with Crippen molar-refractivity contribution >= 4 is 30.7 Å². The van der Waals surface area contributed by atoms with Crippen LogP contribution in [0.25, 0.3) is 0 Å². The lowest BCUT2D eigenvalue weighted by molar-refractivity contribution is 0.00828. The van der Waals surface area contributed by atoms with E-state index in [0.29, 0.717) is 18.8 Å². The maximum atomic E-state index is 12.3. The number of halogens is 2. The fourth-order valence-electron chi connectivity index (χ4n) is 2.38. The monoisotopic (exact) mass is 349 g/mol. The Labute approximate surface area is 144 Å². The number of pyridine rings is 1. The summed E-state index contributed by atoms with van der Waals surface area (Å²) in [5.74, 6) is 0.0223. The molecular weight excluding hydrogens is 325 g/mol. The van der Waals surface area contributed by atoms with E-state index in [-0.39, 0.29) is 36.8 Å². The molecule has 1 aromatic heterocycles. The highest BCUT2D eigenvalue weighted by Gasteiger charge is 2.24. The molecule has 0 radical (unpaired) electrons. The number of rotatable bonds is 5. The highest BCUT2D eigenvalue weighted by atomic mass is 35.5. The molecule has 0 saturated carbocycles. The van der Waals surface area contributed by atoms with E-state index in [0.717, 1.165) is 38.0 Å². The van der Waals surface area contributed by atoms with Gasteiger partial charge in [-0.05, 0) is 44.9 Å². The SMILES string of the molecule is Cc1cccc(C(=O)N2CCC(OCCCN)CC2)n1.Cl.Cl. The van der Waals surface area contributed by atoms with E-state index in [2.05, 4.69) is 4.98 Å². The van der Waals surface area contributed by atoms with E-state index in [1.54, 1.807) is 6.07 Å². The van der Waals surface area contributed by atoms with Crippen molar-refractivity contribution in [1.29, 1.82) is 0 Å². The van der Waals surface area contributed by atoms with E-state index in [1.165, 1.54) is 0 Å². The summed E-state index contributed by atoms with van der Waals surface area (Å²) in [5.41, 5.74) is 6.85. The first-order valence-corrected chi connectivity index (χ1v) is 7.25. The average molecular weight is 350 g/mol. The van der Waals surface area contributed by atoms with Gasteiger partial charge in [0.1, 0.15) is 5.69 Å². The molecule has 126 valence electrons. The predicted octanol–water partition coefficient (Wildman–Crippen LogP) is 2.20. The molecule has 7 heteroatoms. The Balaban J connectivity index is 0.00000220. The molecular formula is C15H25Cl2N3O2. The minimum absolute atomic E-state index is 0. The smallest absolute Gasteiger partial charge is 0.272 e. The van der Waals surface area contributed by atoms with Crippen molar-refractivity contribution in [2.24, 2.45) is 5.73 Å². The number of amides is 1. The number of likely N-dealkylation sites (tertiary alicyclic amines) is 1. The first-order valence-electron chi connectivity index (χ1n) is 7.25. The number of nitrogens with two attached hydrogens (primary N) is 1. The summed E-state index contributed by atoms with van der Waals surface area (Å²) >= 11 is 0. The summed E-state index contributed by atoms with van der Waals surface area (Å²) < 4.78 is 5.74. The van der Waals surface area contributed by atoms with Crippen LogP contribution < -0.4 is 5.73 Å². The second-order valence-electron chi connectivity index (χ2n) is 5.17. The Bertz CT molecular complexity index is 452. The van der Waals surface area contributed by atoms with Gasteiger partial charge in [0.2, 0.25) is 0 Å². The molecule has 0 bridgehead atoms. The quantitative estimate of drug-likeness (QED) is 0.827. The van der Waals surface area contributed by atoms with E-state index in [1.807, 2.05) is 24.0 Å². The highest BCUT2D eigenvalue weighted by Crippen LogP contribution is 2.16. The van der Waals surface area contributed by atoms with Gasteiger partial charge in [-0.15, -0.1) is 24.8 Å². The minimum Gasteiger partial charge on any atom is -0.378 e. The second kappa shape index (κ2) is 10.8. The van der Waals surface area contributed by atoms with Gasteiger partial charge < -0.3 is 15.4 Å². The number of carbonyl (C=O) groups excluding carboxylic acids is 1. The van der Waals surface area contributed by atoms with Crippen LogP contribution in [0.3, 0.4) is 0 Å². The van der Waals surface area contributed by atoms with Crippen molar-refractivity contribution in [3.8, 4) is 0 Å². The van der Waals surface area contributed by atoms with Gasteiger partial charge in [-0.2, -0.15) is 0 Å². The molecule has 2 rings (SSSR count). The van der Waals surface area contributed by atoms with Gasteiger partial charge >= 0.3 is 0 Å². The van der Waals surface area contributed by atoms with Crippen LogP contribution in [0.15, 0.2) is 18.2 Å². The molecule has 0 aliphatic carbocycles. The van der Waals surface area contributed by atoms with Gasteiger partial charge in [0.25, 0.3) is 5.91 Å². The third-order valence-corrected chi connectivity index (χ3v) is 3.54. The lowest BCUT2D eigenvalue weighted by atomic mass is 10.1. The topological polar surface area (TPSA) is 68.5 Å². The molecule has 1 aromatic rings. The Morgan fingerprint density at radius 1 is 1.36 bits per heavy atom. The zero-order chi connectivity index (χ0) is 14.4. The van der Waals surface area contributed by atoms with Crippen molar-refractivity contribution in [2.75, 3.05) is 26.2 Å². The molecule has 2 N–H and O–H groups in total. The Morgan fingerprint density at radius 2 is 2.05 bits per heavy atom. The number of aryl methyl sites for hydroxylation is 1. The fraction of sp³-hybridized carbons (Fsp3) is 0.600. The Kier molecular flexibility index (Phi) is 10.3. The molecule has 1 amide bonds. The van der Waals surface area contributed by atoms with Crippen molar-refractivity contribution in [3.05, 3.63) is 29.6 Å². The van der Waals surface area contributed by atoms with Crippen molar-refractivity contribution in [3.63, 3.8) is 0 Å². The summed E-state index contributed by atoms with van der Waals surface area (Å²) in [6, 6.07) is 5.55. The standard InChI is InChI=1S/C15H23N3O2.2ClH/c1-12-4-2-5-14(17-12)15(19)18-9-6-13(7-10-18)20-11-3-8-16;;/h2,4-5,13H,3,6-11,16H2,1H3;2*1H. The molecule has 1 aliphatic rings. The zero-order valence-corrected chi connectivity index (χ0v) is 14.5. The normalized spacial score (nSPS) is 14.9. The summed E-state index contributed by atoms with van der Waals surface area (Å²) in [7, 11) is 0. The van der Waals surface area contributed by atoms with E-state index in [9.17, 15) is 4.79 Å². The van der Waals surface area contributed by atoms with Crippen LogP contribution in [0.5, 0.6) is 0 Å². The van der Waals surface area contributed by atoms with E-state index < -0.39 is 0 Å². The number of aromatic nitrogens is 1. The Morgan fingerprint density at radius 3 is 2.64 bits per heavy atom. The predicted molar refractivity (Wildman–Crippen MR) is 92.0 cm³/mol. The molecule has 1 aliphatic heterocycles. The van der Waals surface area contributed by atoms with Crippen LogP contribution in [-0.2, 0) is 4.74 Å². The Hall–Kier alpha value is -0.880. The first-order chi connectivity index (χ1) is 9.70. The molecule has 22 heavy (non-hydrogen) atoms. The molecule has 0 unspecified atom stereocenters. The van der Waals surface area contributed by atoms with Crippen LogP contribution in [0.4, 0.5) is 0 Å². The number of piperidine rings is 1. The van der Waals surface area contributed by atoms with Crippen LogP contribution >= 0.6 is 24.8 Å². The molecule has 1 fully saturated rings. The summed E-state index contributed by atoms with van der Waals surface area (Å²) in [4.78, 5) is 18.5. The van der Waals surface area contributed by atoms with Crippen molar-refractivity contribution in [2.45, 2.75) is 32.3 Å². The maximum absolute atomic E-state index is 12.3. The van der Waals surface area contributed by atoms with Crippen LogP contribution in [0, 0.1) is 6.92 Å². The number of hydrogen-bond acceptors (Lipinski definition) is 4. The first kappa shape index (κ1) is 21.1. The molecule has 0 aromatic carbocycles. The van der Waals surface area contributed by atoms with Gasteiger partial charge in [0, 0.05) is 25.4 Å². The van der Waals surface area contributed by atoms with Gasteiger partial charge in [-0.3, -0.25) is 4.79 Å². The minimum atomic E-state index is 0. The summed E-state index contributed by atoms with van der Waals surface area (Å²) in [6.45, 7) is 4.75. The number of nitrogens with zero attached hydrogens (tertiary/aromatic N) is 2. The van der Waals surface area contributed by atoms with Crippen LogP contribution in [0.1, 0.15) is 35.4 Å². The lowest BCUT2D eigenvalue weighted by Gasteiger charge is -2.31. The second-order valence-corrected chi connectivity index (χ2v) is 5.17. The zero-order valence-electron chi connectivity index (χ0n) is 12.9. The number of hydrogen-bond donors (Lipinski definition) is 1. The van der Waals surface area contributed by atoms with Gasteiger partial charge in [0.15, 0.2) is 0 Å². The number of ether oxygens (including phenoxy) is 1. The summed E-state index contributed by atoms with van der Waals surface area (Å²) in [5, 5.41) is 0. The van der Waals surface area contributed by atoms with Gasteiger partial charge in [-0.25, -0.2) is 4.98 Å². The molecule has 0 atom stereocenters. The van der Waals surface area contributed by atoms with E-state index >= 15 is 0 Å². The van der Waals surface area contributed by atoms with Crippen LogP contribution in [0.2, 0.25) is 0 Å². The van der Waals surface area contributed by atoms with Gasteiger partial charge in [0.05, 0.1) is 6.10 Å². The lowest BCUT2D eigenvalue weighted by Crippen LogP contribution is -2.41. The van der Waals surface area contributed by atoms with Gasteiger partial charge in [-0.1, -0.05) is 6.07 Å². The fourth-order valence-corrected chi connectivity index (χ4v) is 2.38. The van der Waals surface area contributed by atoms with Crippen molar-refractivity contribution in [1.82, 2.24) is 9.88 Å². The highest BCUT2D eigenvalue weighted by molar-refractivity contribution is 5.92. The third kappa shape index (κ3) is 6.08. The molecule has 1 saturated heterocycles. The average Bonchev–Trinajstić information content (AvgIpc) is 2.47. The molecule has 0 spiro atoms. The maximum Gasteiger partial charge on any atom is 0.272 e. The number of carbonyl (C=O) groups is 1.